The van der Waals surface area contributed by atoms with Crippen molar-refractivity contribution >= 4 is 17.0 Å². The predicted octanol–water partition coefficient (Wildman–Crippen LogP) is -0.0185. The number of hydrogen-bond acceptors (Lipinski definition) is 4. The van der Waals surface area contributed by atoms with Crippen LogP contribution in [0, 0.1) is 0 Å². The number of nitrogens with one attached hydrogen (secondary N) is 1. The molecule has 0 atom stereocenters. The Hall–Kier alpha value is -2.31. The van der Waals surface area contributed by atoms with Crippen LogP contribution in [0.15, 0.2) is 21.9 Å². The molecule has 0 aliphatic carbocycles. The van der Waals surface area contributed by atoms with Gasteiger partial charge in [-0.25, -0.2) is 4.79 Å². The maximum Gasteiger partial charge on any atom is 0.331 e. The van der Waals surface area contributed by atoms with Gasteiger partial charge in [-0.15, -0.1) is 0 Å². The number of hydrogen-bond donors (Lipinski definition) is 1. The van der Waals surface area contributed by atoms with E-state index in [0.717, 1.165) is 4.57 Å². The zero-order chi connectivity index (χ0) is 14.0. The Balaban J connectivity index is 2.30. The lowest BCUT2D eigenvalue weighted by Crippen LogP contribution is -2.39. The van der Waals surface area contributed by atoms with Crippen LogP contribution in [-0.4, -0.2) is 26.7 Å². The minimum Gasteiger partial charge on any atom is -0.466 e. The molecule has 1 N–H and O–H groups in total. The second-order valence-electron chi connectivity index (χ2n) is 4.23. The number of aromatic nitrogens is 3. The molecule has 0 amide bonds. The molecule has 0 bridgehead atoms. The summed E-state index contributed by atoms with van der Waals surface area (Å²) in [5.74, 6) is -0.375. The molecule has 0 unspecified atom stereocenters. The summed E-state index contributed by atoms with van der Waals surface area (Å²) in [4.78, 5) is 37.6. The van der Waals surface area contributed by atoms with E-state index in [1.54, 1.807) is 19.3 Å². The average molecular weight is 265 g/mol. The molecular formula is C12H15N3O4. The molecule has 0 aromatic carbocycles. The first-order valence-electron chi connectivity index (χ1n) is 5.92. The van der Waals surface area contributed by atoms with Crippen LogP contribution in [-0.2, 0) is 23.1 Å². The van der Waals surface area contributed by atoms with E-state index in [0.29, 0.717) is 17.5 Å². The zero-order valence-electron chi connectivity index (χ0n) is 10.8. The van der Waals surface area contributed by atoms with Crippen LogP contribution in [0.4, 0.5) is 0 Å². The first-order valence-corrected chi connectivity index (χ1v) is 5.92. The van der Waals surface area contributed by atoms with Crippen molar-refractivity contribution in [2.24, 2.45) is 7.05 Å². The lowest BCUT2D eigenvalue weighted by Gasteiger charge is -2.08. The van der Waals surface area contributed by atoms with Crippen LogP contribution in [0.2, 0.25) is 0 Å². The lowest BCUT2D eigenvalue weighted by molar-refractivity contribution is -0.141. The fourth-order valence-corrected chi connectivity index (χ4v) is 1.95. The fourth-order valence-electron chi connectivity index (χ4n) is 1.95. The molecule has 7 heteroatoms. The van der Waals surface area contributed by atoms with Gasteiger partial charge in [-0.3, -0.25) is 18.7 Å². The Morgan fingerprint density at radius 2 is 2.16 bits per heavy atom. The van der Waals surface area contributed by atoms with Crippen LogP contribution in [0.25, 0.3) is 11.0 Å². The van der Waals surface area contributed by atoms with Crippen LogP contribution >= 0.6 is 0 Å². The number of carbonyl (C=O) groups is 1. The van der Waals surface area contributed by atoms with E-state index in [1.165, 1.54) is 11.5 Å². The number of H-pyrrole nitrogens is 1. The summed E-state index contributed by atoms with van der Waals surface area (Å²) in [5.41, 5.74) is 0.242. The first kappa shape index (κ1) is 13.1. The van der Waals surface area contributed by atoms with Gasteiger partial charge in [0, 0.05) is 26.7 Å². The van der Waals surface area contributed by atoms with Gasteiger partial charge in [-0.1, -0.05) is 0 Å². The van der Waals surface area contributed by atoms with E-state index in [-0.39, 0.29) is 30.4 Å². The molecule has 2 heterocycles. The SMILES string of the molecule is CC(=O)OCCCn1c(=O)c2[nH]ccc2n(C)c1=O. The Labute approximate surface area is 108 Å². The fraction of sp³-hybridized carbons (Fsp3) is 0.417. The maximum absolute atomic E-state index is 12.1. The van der Waals surface area contributed by atoms with Gasteiger partial charge in [-0.2, -0.15) is 0 Å². The Morgan fingerprint density at radius 1 is 1.42 bits per heavy atom. The summed E-state index contributed by atoms with van der Waals surface area (Å²) in [7, 11) is 1.61. The van der Waals surface area contributed by atoms with E-state index < -0.39 is 0 Å². The zero-order valence-corrected chi connectivity index (χ0v) is 10.8. The summed E-state index contributed by atoms with van der Waals surface area (Å²) in [5, 5.41) is 0. The van der Waals surface area contributed by atoms with Crippen molar-refractivity contribution < 1.29 is 9.53 Å². The molecule has 7 nitrogen and oxygen atoms in total. The van der Waals surface area contributed by atoms with Crippen molar-refractivity contribution in [2.75, 3.05) is 6.61 Å². The predicted molar refractivity (Wildman–Crippen MR) is 69.0 cm³/mol. The molecule has 0 aliphatic rings. The summed E-state index contributed by atoms with van der Waals surface area (Å²) in [6.45, 7) is 1.72. The lowest BCUT2D eigenvalue weighted by atomic mass is 10.4. The van der Waals surface area contributed by atoms with Crippen LogP contribution < -0.4 is 11.2 Å². The van der Waals surface area contributed by atoms with Gasteiger partial charge in [0.15, 0.2) is 0 Å². The van der Waals surface area contributed by atoms with Gasteiger partial charge in [0.25, 0.3) is 5.56 Å². The quantitative estimate of drug-likeness (QED) is 0.622. The molecule has 0 spiro atoms. The number of aromatic amines is 1. The second kappa shape index (κ2) is 5.13. The molecule has 0 saturated heterocycles. The van der Waals surface area contributed by atoms with Gasteiger partial charge in [-0.05, 0) is 12.5 Å². The number of fused-ring (bicyclic) bond motifs is 1. The van der Waals surface area contributed by atoms with Crippen molar-refractivity contribution in [3.05, 3.63) is 33.1 Å². The van der Waals surface area contributed by atoms with E-state index in [2.05, 4.69) is 4.98 Å². The van der Waals surface area contributed by atoms with Gasteiger partial charge < -0.3 is 9.72 Å². The molecule has 19 heavy (non-hydrogen) atoms. The Kier molecular flexibility index (Phi) is 3.55. The van der Waals surface area contributed by atoms with E-state index in [4.69, 9.17) is 4.74 Å². The average Bonchev–Trinajstić information content (AvgIpc) is 2.84. The number of esters is 1. The summed E-state index contributed by atoms with van der Waals surface area (Å²) < 4.78 is 7.33. The number of rotatable bonds is 4. The molecule has 102 valence electrons. The Bertz CT molecular complexity index is 723. The van der Waals surface area contributed by atoms with E-state index in [9.17, 15) is 14.4 Å². The van der Waals surface area contributed by atoms with E-state index in [1.807, 2.05) is 0 Å². The Morgan fingerprint density at radius 3 is 2.84 bits per heavy atom. The summed E-state index contributed by atoms with van der Waals surface area (Å²) >= 11 is 0. The smallest absolute Gasteiger partial charge is 0.331 e. The summed E-state index contributed by atoms with van der Waals surface area (Å²) in [6.07, 6.45) is 2.04. The highest BCUT2D eigenvalue weighted by Gasteiger charge is 2.11. The highest BCUT2D eigenvalue weighted by molar-refractivity contribution is 5.73. The number of aryl methyl sites for hydroxylation is 1. The number of carbonyl (C=O) groups excluding carboxylic acids is 1. The topological polar surface area (TPSA) is 86.1 Å². The molecule has 0 aliphatic heterocycles. The van der Waals surface area contributed by atoms with Gasteiger partial charge in [0.05, 0.1) is 12.1 Å². The third-order valence-electron chi connectivity index (χ3n) is 2.89. The highest BCUT2D eigenvalue weighted by Crippen LogP contribution is 2.03. The maximum atomic E-state index is 12.1. The third-order valence-corrected chi connectivity index (χ3v) is 2.89. The molecular weight excluding hydrogens is 250 g/mol. The molecule has 0 fully saturated rings. The van der Waals surface area contributed by atoms with Gasteiger partial charge in [0.2, 0.25) is 0 Å². The second-order valence-corrected chi connectivity index (χ2v) is 4.23. The van der Waals surface area contributed by atoms with E-state index >= 15 is 0 Å². The molecule has 0 radical (unpaired) electrons. The van der Waals surface area contributed by atoms with Gasteiger partial charge in [0.1, 0.15) is 5.52 Å². The van der Waals surface area contributed by atoms with Crippen molar-refractivity contribution in [2.45, 2.75) is 19.9 Å². The van der Waals surface area contributed by atoms with Crippen molar-refractivity contribution in [1.82, 2.24) is 14.1 Å². The van der Waals surface area contributed by atoms with Crippen molar-refractivity contribution in [1.29, 1.82) is 0 Å². The van der Waals surface area contributed by atoms with Crippen molar-refractivity contribution in [3.63, 3.8) is 0 Å². The van der Waals surface area contributed by atoms with Crippen LogP contribution in [0.3, 0.4) is 0 Å². The largest absolute Gasteiger partial charge is 0.466 e. The van der Waals surface area contributed by atoms with Gasteiger partial charge >= 0.3 is 11.7 Å². The molecule has 2 rings (SSSR count). The molecule has 2 aromatic rings. The first-order chi connectivity index (χ1) is 9.02. The number of ether oxygens (including phenoxy) is 1. The summed E-state index contributed by atoms with van der Waals surface area (Å²) in [6, 6.07) is 1.68. The highest BCUT2D eigenvalue weighted by atomic mass is 16.5. The van der Waals surface area contributed by atoms with Crippen LogP contribution in [0.5, 0.6) is 0 Å². The minimum atomic E-state index is -0.375. The molecule has 2 aromatic heterocycles. The van der Waals surface area contributed by atoms with Crippen molar-refractivity contribution in [3.8, 4) is 0 Å². The third kappa shape index (κ3) is 2.44. The minimum absolute atomic E-state index is 0.188. The monoisotopic (exact) mass is 265 g/mol. The molecule has 0 saturated carbocycles. The number of nitrogens with zero attached hydrogens (tertiary/aromatic N) is 2. The van der Waals surface area contributed by atoms with Crippen LogP contribution in [0.1, 0.15) is 13.3 Å². The standard InChI is InChI=1S/C12H15N3O4/c1-8(16)19-7-3-6-15-11(17)10-9(4-5-13-10)14(2)12(15)18/h4-5,13H,3,6-7H2,1-2H3. The normalized spacial score (nSPS) is 10.8.